The van der Waals surface area contributed by atoms with Crippen LogP contribution in [-0.2, 0) is 54.8 Å². The number of amides is 2. The molecule has 1 unspecified atom stereocenters. The Hall–Kier alpha value is -4.12. The molecule has 0 saturated heterocycles. The number of allylic oxidation sites excluding steroid dienone is 2. The van der Waals surface area contributed by atoms with Crippen molar-refractivity contribution < 1.29 is 38.9 Å². The summed E-state index contributed by atoms with van der Waals surface area (Å²) in [5.41, 5.74) is 0.622. The molecule has 2 aromatic heterocycles. The van der Waals surface area contributed by atoms with Gasteiger partial charge in [0.05, 0.1) is 49.8 Å². The SMILES string of the molecule is CC(C)CCOC(C)(C)Cn1cc(CNC(=O)/C=C/C(=O)C(C)C)nn1.CC(C)CO.CCC(=O)/C=C/C(=O)NCc1cn(CC(C)(C)OCCC(C)C)nn1.CCC(C)CO. The first kappa shape index (κ1) is 60.0. The molecule has 4 N–H and O–H groups in total. The van der Waals surface area contributed by atoms with Gasteiger partial charge in [-0.3, -0.25) is 19.2 Å². The summed E-state index contributed by atoms with van der Waals surface area (Å²) in [7, 11) is 0. The van der Waals surface area contributed by atoms with Gasteiger partial charge in [-0.05, 0) is 76.4 Å². The molecule has 2 aromatic rings. The predicted octanol–water partition coefficient (Wildman–Crippen LogP) is 6.45. The zero-order chi connectivity index (χ0) is 47.9. The molecule has 2 heterocycles. The lowest BCUT2D eigenvalue weighted by molar-refractivity contribution is -0.119. The fourth-order valence-corrected chi connectivity index (χ4v) is 4.25. The van der Waals surface area contributed by atoms with Gasteiger partial charge in [-0.1, -0.05) is 93.0 Å². The van der Waals surface area contributed by atoms with Crippen molar-refractivity contribution >= 4 is 23.4 Å². The summed E-state index contributed by atoms with van der Waals surface area (Å²) < 4.78 is 15.3. The van der Waals surface area contributed by atoms with Crippen molar-refractivity contribution in [2.75, 3.05) is 26.4 Å². The van der Waals surface area contributed by atoms with Gasteiger partial charge in [0.15, 0.2) is 11.6 Å². The minimum absolute atomic E-state index is 0.0780. The first-order valence-electron chi connectivity index (χ1n) is 22.1. The minimum atomic E-state index is -0.344. The van der Waals surface area contributed by atoms with E-state index in [1.54, 1.807) is 42.5 Å². The molecule has 0 spiro atoms. The lowest BCUT2D eigenvalue weighted by Crippen LogP contribution is -2.31. The number of hydrogen-bond acceptors (Lipinski definition) is 12. The minimum Gasteiger partial charge on any atom is -0.396 e. The van der Waals surface area contributed by atoms with Crippen LogP contribution in [0.1, 0.15) is 141 Å². The fraction of sp³-hybridized carbons (Fsp3) is 0.739. The molecule has 0 aliphatic heterocycles. The molecular weight excluding hydrogens is 793 g/mol. The van der Waals surface area contributed by atoms with Crippen LogP contribution < -0.4 is 10.6 Å². The van der Waals surface area contributed by atoms with E-state index in [1.807, 2.05) is 48.5 Å². The summed E-state index contributed by atoms with van der Waals surface area (Å²) in [5, 5.41) is 38.1. The molecule has 0 radical (unpaired) electrons. The van der Waals surface area contributed by atoms with Crippen LogP contribution in [0, 0.1) is 29.6 Å². The van der Waals surface area contributed by atoms with Crippen molar-refractivity contribution in [3.05, 3.63) is 48.1 Å². The van der Waals surface area contributed by atoms with Crippen molar-refractivity contribution in [2.45, 2.75) is 167 Å². The number of carbonyl (C=O) groups excluding carboxylic acids is 4. The molecule has 0 aliphatic rings. The number of aliphatic hydroxyl groups is 2. The number of aliphatic hydroxyl groups excluding tert-OH is 2. The number of ketones is 2. The van der Waals surface area contributed by atoms with E-state index in [0.29, 0.717) is 81.0 Å². The molecule has 2 amide bonds. The first-order chi connectivity index (χ1) is 28.9. The predicted molar refractivity (Wildman–Crippen MR) is 245 cm³/mol. The van der Waals surface area contributed by atoms with Crippen LogP contribution in [0.5, 0.6) is 0 Å². The van der Waals surface area contributed by atoms with Crippen molar-refractivity contribution in [3.63, 3.8) is 0 Å². The van der Waals surface area contributed by atoms with Gasteiger partial charge in [-0.25, -0.2) is 9.36 Å². The molecule has 2 rings (SSSR count). The Morgan fingerprint density at radius 2 is 1.06 bits per heavy atom. The summed E-state index contributed by atoms with van der Waals surface area (Å²) in [6.07, 6.45) is 12.1. The number of ether oxygens (including phenoxy) is 2. The summed E-state index contributed by atoms with van der Waals surface area (Å²) in [6.45, 7) is 33.9. The summed E-state index contributed by atoms with van der Waals surface area (Å²) in [4.78, 5) is 45.9. The smallest absolute Gasteiger partial charge is 0.244 e. The fourth-order valence-electron chi connectivity index (χ4n) is 4.25. The Labute approximate surface area is 373 Å². The van der Waals surface area contributed by atoms with Gasteiger partial charge in [0, 0.05) is 50.9 Å². The Kier molecular flexibility index (Phi) is 32.3. The van der Waals surface area contributed by atoms with E-state index in [9.17, 15) is 19.2 Å². The van der Waals surface area contributed by atoms with Gasteiger partial charge in [0.2, 0.25) is 11.8 Å². The van der Waals surface area contributed by atoms with Crippen molar-refractivity contribution in [1.29, 1.82) is 0 Å². The average Bonchev–Trinajstić information content (AvgIpc) is 3.85. The van der Waals surface area contributed by atoms with E-state index >= 15 is 0 Å². The summed E-state index contributed by atoms with van der Waals surface area (Å²) >= 11 is 0. The molecule has 0 aromatic carbocycles. The maximum atomic E-state index is 11.7. The summed E-state index contributed by atoms with van der Waals surface area (Å²) in [6, 6.07) is 0. The number of rotatable bonds is 25. The Morgan fingerprint density at radius 1 is 0.661 bits per heavy atom. The molecule has 0 aliphatic carbocycles. The Bertz CT molecular complexity index is 1570. The highest BCUT2D eigenvalue weighted by Gasteiger charge is 2.21. The maximum Gasteiger partial charge on any atom is 0.244 e. The van der Waals surface area contributed by atoms with Crippen LogP contribution in [0.25, 0.3) is 0 Å². The van der Waals surface area contributed by atoms with Gasteiger partial charge in [0.1, 0.15) is 11.4 Å². The number of nitrogens with one attached hydrogen (secondary N) is 2. The Balaban J connectivity index is 0. The van der Waals surface area contributed by atoms with E-state index in [-0.39, 0.29) is 53.6 Å². The second-order valence-electron chi connectivity index (χ2n) is 18.1. The van der Waals surface area contributed by atoms with Crippen LogP contribution in [-0.4, -0.2) is 101 Å². The van der Waals surface area contributed by atoms with Gasteiger partial charge < -0.3 is 30.3 Å². The molecule has 16 nitrogen and oxygen atoms in total. The highest BCUT2D eigenvalue weighted by Crippen LogP contribution is 2.15. The van der Waals surface area contributed by atoms with E-state index < -0.39 is 0 Å². The molecule has 0 bridgehead atoms. The van der Waals surface area contributed by atoms with Crippen LogP contribution >= 0.6 is 0 Å². The largest absolute Gasteiger partial charge is 0.396 e. The van der Waals surface area contributed by atoms with Crippen LogP contribution in [0.15, 0.2) is 36.7 Å². The third-order valence-electron chi connectivity index (χ3n) is 8.63. The lowest BCUT2D eigenvalue weighted by Gasteiger charge is -2.25. The maximum absolute atomic E-state index is 11.7. The molecule has 0 saturated carbocycles. The third-order valence-corrected chi connectivity index (χ3v) is 8.63. The molecule has 0 fully saturated rings. The number of hydrogen-bond donors (Lipinski definition) is 4. The second-order valence-corrected chi connectivity index (χ2v) is 18.1. The first-order valence-corrected chi connectivity index (χ1v) is 22.1. The monoisotopic (exact) mass is 877 g/mol. The standard InChI is InChI=1S/C19H32N4O3.C18H30N4O3.C5H12O.C4H10O/c1-14(2)9-10-26-19(5,6)13-23-12-16(21-22-23)11-20-18(25)8-7-17(24)15(3)4;1-6-16(23)7-8-17(24)19-11-15-12-22(21-20-15)13-18(4,5)25-10-9-14(2)3;1-3-5(2)4-6;1-4(2)3-5/h7-8,12,14-15H,9-11,13H2,1-6H3,(H,20,25);7-8,12,14H,6,9-11,13H2,1-5H3,(H,19,24);5-6H,3-4H2,1-2H3;4-5H,3H2,1-2H3/b2*8-7+;;. The van der Waals surface area contributed by atoms with Crippen LogP contribution in [0.2, 0.25) is 0 Å². The zero-order valence-electron chi connectivity index (χ0n) is 40.9. The highest BCUT2D eigenvalue weighted by atomic mass is 16.5. The highest BCUT2D eigenvalue weighted by molar-refractivity contribution is 5.98. The van der Waals surface area contributed by atoms with Gasteiger partial charge >= 0.3 is 0 Å². The lowest BCUT2D eigenvalue weighted by atomic mass is 10.1. The van der Waals surface area contributed by atoms with Crippen LogP contribution in [0.3, 0.4) is 0 Å². The van der Waals surface area contributed by atoms with E-state index in [0.717, 1.165) is 19.3 Å². The van der Waals surface area contributed by atoms with Crippen molar-refractivity contribution in [2.24, 2.45) is 29.6 Å². The van der Waals surface area contributed by atoms with Gasteiger partial charge in [-0.2, -0.15) is 0 Å². The number of carbonyl (C=O) groups is 4. The van der Waals surface area contributed by atoms with E-state index in [4.69, 9.17) is 19.7 Å². The van der Waals surface area contributed by atoms with E-state index in [1.165, 1.54) is 24.3 Å². The summed E-state index contributed by atoms with van der Waals surface area (Å²) in [5.74, 6) is 1.22. The number of nitrogens with zero attached hydrogens (tertiary/aromatic N) is 6. The van der Waals surface area contributed by atoms with Crippen LogP contribution in [0.4, 0.5) is 0 Å². The average molecular weight is 877 g/mol. The van der Waals surface area contributed by atoms with Gasteiger partial charge in [-0.15, -0.1) is 10.2 Å². The quantitative estimate of drug-likeness (QED) is 0.0793. The third kappa shape index (κ3) is 34.5. The topological polar surface area (TPSA) is 213 Å². The molecule has 1 atom stereocenters. The zero-order valence-corrected chi connectivity index (χ0v) is 40.9. The van der Waals surface area contributed by atoms with E-state index in [2.05, 4.69) is 65.9 Å². The molecular formula is C46H84N8O8. The molecule has 62 heavy (non-hydrogen) atoms. The number of aromatic nitrogens is 6. The second kappa shape index (κ2) is 33.4. The molecule has 356 valence electrons. The molecule has 16 heteroatoms. The Morgan fingerprint density at radius 3 is 1.37 bits per heavy atom. The van der Waals surface area contributed by atoms with Crippen molar-refractivity contribution in [1.82, 2.24) is 40.6 Å². The van der Waals surface area contributed by atoms with Gasteiger partial charge in [0.25, 0.3) is 0 Å². The normalized spacial score (nSPS) is 12.2. The van der Waals surface area contributed by atoms with Crippen molar-refractivity contribution in [3.8, 4) is 0 Å².